The Morgan fingerprint density at radius 3 is 0.909 bits per heavy atom. The molecular weight excluding hydrogens is 225 g/mol. The third-order valence-corrected chi connectivity index (χ3v) is 0. The first-order chi connectivity index (χ1) is 2.00. The van der Waals surface area contributed by atoms with Crippen molar-refractivity contribution in [3.05, 3.63) is 30.8 Å². The van der Waals surface area contributed by atoms with Crippen LogP contribution in [0.2, 0.25) is 0 Å². The molecule has 0 aromatic carbocycles. The molecule has 0 saturated carbocycles. The van der Waals surface area contributed by atoms with Gasteiger partial charge in [0.25, 0.3) is 0 Å². The van der Waals surface area contributed by atoms with Gasteiger partial charge in [0, 0.05) is 0 Å². The predicted molar refractivity (Wildman–Crippen MR) is 39.7 cm³/mol. The average molecular weight is 237 g/mol. The van der Waals surface area contributed by atoms with Crippen LogP contribution in [0.25, 0.3) is 30.8 Å². The maximum Gasteiger partial charge on any atom is 3.00 e. The van der Waals surface area contributed by atoms with Crippen molar-refractivity contribution in [1.29, 1.82) is 0 Å². The van der Waals surface area contributed by atoms with Crippen LogP contribution in [0.5, 0.6) is 0 Å². The van der Waals surface area contributed by atoms with Crippen LogP contribution in [0.1, 0.15) is 0 Å². The van der Waals surface area contributed by atoms with E-state index in [1.165, 1.54) is 0 Å². The van der Waals surface area contributed by atoms with Gasteiger partial charge in [0.15, 0.2) is 0 Å². The first-order valence-corrected chi connectivity index (χ1v) is 2.11. The SMILES string of the molecule is O=S(=O)([O-])[OH2+].[Co+3].[NH2-].[NH2-].[NH2-].[NH2-].[NH2-]. The largest absolute Gasteiger partial charge is 3.00 e. The molecule has 0 rings (SSSR count). The minimum Gasteiger partial charge on any atom is -0.693 e. The monoisotopic (exact) mass is 237 g/mol. The van der Waals surface area contributed by atoms with Gasteiger partial charge in [0.1, 0.15) is 0 Å². The van der Waals surface area contributed by atoms with Crippen molar-refractivity contribution in [3.8, 4) is 0 Å². The van der Waals surface area contributed by atoms with E-state index in [4.69, 9.17) is 17.5 Å². The maximum absolute atomic E-state index is 8.74. The predicted octanol–water partition coefficient (Wildman–Crippen LogP) is 1.75. The fourth-order valence-electron chi connectivity index (χ4n) is 0. The molecule has 0 atom stereocenters. The van der Waals surface area contributed by atoms with Gasteiger partial charge < -0.3 is 39.9 Å². The van der Waals surface area contributed by atoms with Crippen molar-refractivity contribution in [1.82, 2.24) is 0 Å². The van der Waals surface area contributed by atoms with Crippen LogP contribution in [-0.2, 0) is 27.2 Å². The van der Waals surface area contributed by atoms with E-state index in [2.05, 4.69) is 0 Å². The van der Waals surface area contributed by atoms with Crippen LogP contribution < -0.4 is 0 Å². The maximum atomic E-state index is 8.74. The van der Waals surface area contributed by atoms with Crippen molar-refractivity contribution < 1.29 is 34.3 Å². The summed E-state index contributed by atoms with van der Waals surface area (Å²) in [6.07, 6.45) is 0. The second-order valence-electron chi connectivity index (χ2n) is 0.454. The summed E-state index contributed by atoms with van der Waals surface area (Å²) in [5.74, 6) is 0. The summed E-state index contributed by atoms with van der Waals surface area (Å²) in [5, 5.41) is 0. The molecule has 0 aliphatic carbocycles. The van der Waals surface area contributed by atoms with Crippen LogP contribution >= 0.6 is 0 Å². The molecule has 11 heavy (non-hydrogen) atoms. The van der Waals surface area contributed by atoms with Crippen LogP contribution in [-0.4, -0.2) is 17.5 Å². The molecule has 0 unspecified atom stereocenters. The Morgan fingerprint density at radius 1 is 0.909 bits per heavy atom. The molecule has 9 nitrogen and oxygen atoms in total. The van der Waals surface area contributed by atoms with Crippen LogP contribution in [0.15, 0.2) is 0 Å². The van der Waals surface area contributed by atoms with E-state index in [-0.39, 0.29) is 47.5 Å². The Hall–Kier alpha value is 0.176. The summed E-state index contributed by atoms with van der Waals surface area (Å²) >= 11 is 0. The van der Waals surface area contributed by atoms with E-state index in [0.29, 0.717) is 0 Å². The molecule has 0 radical (unpaired) electrons. The summed E-state index contributed by atoms with van der Waals surface area (Å²) in [4.78, 5) is 0. The average Bonchev–Trinajstić information content (AvgIpc) is 0.722. The van der Waals surface area contributed by atoms with Crippen molar-refractivity contribution in [2.24, 2.45) is 0 Å². The first-order valence-electron chi connectivity index (χ1n) is 0.704. The molecule has 0 aliphatic heterocycles. The molecule has 0 spiro atoms. The van der Waals surface area contributed by atoms with Crippen molar-refractivity contribution >= 4 is 10.4 Å². The zero-order valence-corrected chi connectivity index (χ0v) is 7.21. The van der Waals surface area contributed by atoms with Crippen LogP contribution in [0.4, 0.5) is 0 Å². The Morgan fingerprint density at radius 2 is 0.909 bits per heavy atom. The van der Waals surface area contributed by atoms with Crippen LogP contribution in [0, 0.1) is 0 Å². The molecule has 0 aromatic heterocycles. The van der Waals surface area contributed by atoms with E-state index in [1.54, 1.807) is 0 Å². The van der Waals surface area contributed by atoms with Gasteiger partial charge >= 0.3 is 27.2 Å². The molecule has 12 N–H and O–H groups in total. The fourth-order valence-corrected chi connectivity index (χ4v) is 0. The van der Waals surface area contributed by atoms with Gasteiger partial charge in [-0.2, -0.15) is 8.42 Å². The molecule has 0 aliphatic rings. The normalized spacial score (nSPS) is 5.27. The second kappa shape index (κ2) is 22.5. The standard InChI is InChI=1S/Co.5H2N.H2O4S/c;;;;;;1-5(2,3)4/h;5*1H2;(H2,1,2,3,4)/q+3;5*-1;. The summed E-state index contributed by atoms with van der Waals surface area (Å²) in [6, 6.07) is 0. The summed E-state index contributed by atoms with van der Waals surface area (Å²) in [5.41, 5.74) is 0. The second-order valence-corrected chi connectivity index (χ2v) is 1.36. The summed E-state index contributed by atoms with van der Waals surface area (Å²) in [6.45, 7) is 0. The Balaban J connectivity index is -0.00000000533. The number of hydrogen-bond acceptors (Lipinski definition) is 3. The van der Waals surface area contributed by atoms with Crippen LogP contribution in [0.3, 0.4) is 0 Å². The number of nitrogens with two attached hydrogens (primary N) is 5. The molecule has 0 saturated heterocycles. The third kappa shape index (κ3) is 21800. The molecule has 0 aromatic rings. The van der Waals surface area contributed by atoms with Gasteiger partial charge in [-0.05, 0) is 0 Å². The molecular formula is H12CoN5O4S-2. The molecule has 0 amide bonds. The Bertz CT molecular complexity index is 102. The van der Waals surface area contributed by atoms with Gasteiger partial charge in [-0.1, -0.05) is 0 Å². The van der Waals surface area contributed by atoms with E-state index in [9.17, 15) is 0 Å². The molecule has 0 fully saturated rings. The van der Waals surface area contributed by atoms with Gasteiger partial charge in [-0.3, -0.25) is 0 Å². The minimum atomic E-state index is -4.67. The first kappa shape index (κ1) is 66.4. The van der Waals surface area contributed by atoms with Crippen molar-refractivity contribution in [2.45, 2.75) is 0 Å². The zero-order valence-electron chi connectivity index (χ0n) is 5.35. The number of hydrogen-bond donors (Lipinski definition) is 0. The van der Waals surface area contributed by atoms with Gasteiger partial charge in [-0.25, -0.2) is 0 Å². The zero-order chi connectivity index (χ0) is 4.50. The Labute approximate surface area is 76.0 Å². The minimum absolute atomic E-state index is 0. The van der Waals surface area contributed by atoms with E-state index < -0.39 is 10.4 Å². The summed E-state index contributed by atoms with van der Waals surface area (Å²) < 4.78 is 31.6. The van der Waals surface area contributed by atoms with E-state index in [0.717, 1.165) is 0 Å². The number of rotatable bonds is 0. The van der Waals surface area contributed by atoms with Gasteiger partial charge in [0.05, 0.1) is 0 Å². The van der Waals surface area contributed by atoms with Gasteiger partial charge in [-0.15, -0.1) is 0 Å². The quantitative estimate of drug-likeness (QED) is 0.346. The van der Waals surface area contributed by atoms with Crippen molar-refractivity contribution in [2.75, 3.05) is 0 Å². The molecule has 78 valence electrons. The van der Waals surface area contributed by atoms with Gasteiger partial charge in [0.2, 0.25) is 0 Å². The molecule has 11 heteroatoms. The van der Waals surface area contributed by atoms with E-state index >= 15 is 0 Å². The Kier molecular flexibility index (Phi) is 136. The molecule has 0 heterocycles. The third-order valence-electron chi connectivity index (χ3n) is 0. The smallest absolute Gasteiger partial charge is 0.693 e. The molecule has 0 bridgehead atoms. The summed E-state index contributed by atoms with van der Waals surface area (Å²) in [7, 11) is -4.67. The fraction of sp³-hybridized carbons (Fsp3) is 0. The van der Waals surface area contributed by atoms with Crippen molar-refractivity contribution in [3.63, 3.8) is 0 Å². The topological polar surface area (TPSA) is 248 Å². The van der Waals surface area contributed by atoms with E-state index in [1.807, 2.05) is 0 Å².